The lowest BCUT2D eigenvalue weighted by Crippen LogP contribution is -2.07. The number of benzene rings is 1. The van der Waals surface area contributed by atoms with Gasteiger partial charge in [0.2, 0.25) is 0 Å². The first-order valence-corrected chi connectivity index (χ1v) is 6.96. The first kappa shape index (κ1) is 13.5. The zero-order valence-corrected chi connectivity index (χ0v) is 13.4. The fourth-order valence-electron chi connectivity index (χ4n) is 2.25. The van der Waals surface area contributed by atoms with Gasteiger partial charge in [-0.05, 0) is 35.4 Å². The third-order valence-corrected chi connectivity index (χ3v) is 3.87. The summed E-state index contributed by atoms with van der Waals surface area (Å²) >= 11 is 0. The highest BCUT2D eigenvalue weighted by Crippen LogP contribution is 2.33. The fourth-order valence-corrected chi connectivity index (χ4v) is 2.51. The molecule has 1 aromatic rings. The molecule has 1 aromatic carbocycles. The summed E-state index contributed by atoms with van der Waals surface area (Å²) in [5.74, 6) is 1.14. The Morgan fingerprint density at radius 2 is 1.50 bits per heavy atom. The van der Waals surface area contributed by atoms with E-state index in [0.29, 0.717) is 11.8 Å². The van der Waals surface area contributed by atoms with E-state index in [0.717, 1.165) is 10.5 Å². The van der Waals surface area contributed by atoms with Crippen molar-refractivity contribution in [3.05, 3.63) is 34.9 Å². The molecule has 0 heterocycles. The van der Waals surface area contributed by atoms with Crippen LogP contribution in [0.4, 0.5) is 0 Å². The number of hydrogen-bond acceptors (Lipinski definition) is 1. The van der Waals surface area contributed by atoms with Gasteiger partial charge in [-0.2, -0.15) is 0 Å². The molecule has 0 saturated carbocycles. The lowest BCUT2D eigenvalue weighted by molar-refractivity contribution is 0.248. The van der Waals surface area contributed by atoms with Crippen LogP contribution in [-0.4, -0.2) is 10.5 Å². The van der Waals surface area contributed by atoms with Crippen molar-refractivity contribution in [1.29, 1.82) is 0 Å². The van der Waals surface area contributed by atoms with E-state index in [1.165, 1.54) is 16.7 Å². The van der Waals surface area contributed by atoms with Crippen molar-refractivity contribution < 1.29 is 4.43 Å². The van der Waals surface area contributed by atoms with Gasteiger partial charge in [0.25, 0.3) is 0 Å². The molecule has 1 nitrogen and oxygen atoms in total. The summed E-state index contributed by atoms with van der Waals surface area (Å²) in [6.07, 6.45) is 0.239. The van der Waals surface area contributed by atoms with Crippen LogP contribution in [0, 0.1) is 0 Å². The Kier molecular flexibility index (Phi) is 4.75. The van der Waals surface area contributed by atoms with Gasteiger partial charge in [-0.15, -0.1) is 0 Å². The third kappa shape index (κ3) is 2.74. The Morgan fingerprint density at radius 3 is 1.94 bits per heavy atom. The molecule has 16 heavy (non-hydrogen) atoms. The average molecular weight is 236 g/mol. The van der Waals surface area contributed by atoms with Crippen molar-refractivity contribution in [3.8, 4) is 0 Å². The second-order valence-corrected chi connectivity index (χ2v) is 5.51. The monoisotopic (exact) mass is 236 g/mol. The predicted octanol–water partition coefficient (Wildman–Crippen LogP) is 3.29. The summed E-state index contributed by atoms with van der Waals surface area (Å²) in [5, 5.41) is 0. The Bertz CT molecular complexity index is 345. The smallest absolute Gasteiger partial charge is 0.146 e. The molecule has 0 bridgehead atoms. The average Bonchev–Trinajstić information content (AvgIpc) is 2.26. The highest BCUT2D eigenvalue weighted by atomic mass is 28.2. The topological polar surface area (TPSA) is 9.23 Å². The Morgan fingerprint density at radius 1 is 0.938 bits per heavy atom. The molecule has 0 aliphatic carbocycles. The highest BCUT2D eigenvalue weighted by molar-refractivity contribution is 5.98. The van der Waals surface area contributed by atoms with E-state index < -0.39 is 0 Å². The molecule has 0 saturated heterocycles. The predicted molar refractivity (Wildman–Crippen MR) is 74.1 cm³/mol. The zero-order valence-electron chi connectivity index (χ0n) is 11.4. The van der Waals surface area contributed by atoms with E-state index in [1.807, 2.05) is 0 Å². The largest absolute Gasteiger partial charge is 0.421 e. The summed E-state index contributed by atoms with van der Waals surface area (Å²) < 4.78 is 5.60. The minimum atomic E-state index is 0.239. The second-order valence-electron chi connectivity index (χ2n) is 5.04. The summed E-state index contributed by atoms with van der Waals surface area (Å²) in [7, 11) is 0.796. The van der Waals surface area contributed by atoms with Crippen molar-refractivity contribution in [3.63, 3.8) is 0 Å². The maximum absolute atomic E-state index is 5.60. The summed E-state index contributed by atoms with van der Waals surface area (Å²) in [6.45, 7) is 11.2. The minimum Gasteiger partial charge on any atom is -0.421 e. The van der Waals surface area contributed by atoms with Crippen LogP contribution < -0.4 is 0 Å². The lowest BCUT2D eigenvalue weighted by Gasteiger charge is -2.23. The summed E-state index contributed by atoms with van der Waals surface area (Å²) in [5.41, 5.74) is 4.33. The van der Waals surface area contributed by atoms with Crippen molar-refractivity contribution in [2.24, 2.45) is 0 Å². The molecule has 0 aromatic heterocycles. The van der Waals surface area contributed by atoms with Crippen LogP contribution in [0.3, 0.4) is 0 Å². The van der Waals surface area contributed by atoms with E-state index in [4.69, 9.17) is 4.43 Å². The molecule has 0 aliphatic heterocycles. The van der Waals surface area contributed by atoms with Gasteiger partial charge in [-0.1, -0.05) is 45.9 Å². The van der Waals surface area contributed by atoms with E-state index in [2.05, 4.69) is 52.8 Å². The van der Waals surface area contributed by atoms with Gasteiger partial charge < -0.3 is 4.43 Å². The second kappa shape index (κ2) is 5.64. The van der Waals surface area contributed by atoms with Gasteiger partial charge in [0.1, 0.15) is 10.5 Å². The van der Waals surface area contributed by atoms with Crippen molar-refractivity contribution >= 4 is 10.5 Å². The van der Waals surface area contributed by atoms with Crippen LogP contribution in [-0.2, 0) is 4.43 Å². The Balaban J connectivity index is 3.32. The maximum atomic E-state index is 5.60. The molecule has 0 amide bonds. The molecule has 90 valence electrons. The molecule has 0 radical (unpaired) electrons. The molecule has 0 aliphatic rings. The molecule has 0 fully saturated rings. The third-order valence-electron chi connectivity index (χ3n) is 3.16. The van der Waals surface area contributed by atoms with E-state index in [-0.39, 0.29) is 6.10 Å². The standard InChI is InChI=1S/C14H24OSi/c1-9(2)12-7-6-8-13(11(5)15-16)14(12)10(3)4/h6-11H,1-5,16H3. The van der Waals surface area contributed by atoms with Crippen LogP contribution in [0.15, 0.2) is 18.2 Å². The molecule has 1 rings (SSSR count). The van der Waals surface area contributed by atoms with Gasteiger partial charge in [0.15, 0.2) is 0 Å². The molecule has 0 N–H and O–H groups in total. The van der Waals surface area contributed by atoms with E-state index >= 15 is 0 Å². The van der Waals surface area contributed by atoms with Gasteiger partial charge >= 0.3 is 0 Å². The Hall–Kier alpha value is -0.603. The van der Waals surface area contributed by atoms with Crippen LogP contribution in [0.2, 0.25) is 0 Å². The van der Waals surface area contributed by atoms with Crippen molar-refractivity contribution in [2.75, 3.05) is 0 Å². The maximum Gasteiger partial charge on any atom is 0.146 e. The first-order valence-electron chi connectivity index (χ1n) is 6.14. The molecular formula is C14H24OSi. The SMILES string of the molecule is CC(C)c1cccc(C(C)O[SiH3])c1C(C)C. The van der Waals surface area contributed by atoms with Crippen LogP contribution in [0.1, 0.15) is 69.2 Å². The van der Waals surface area contributed by atoms with Gasteiger partial charge in [-0.25, -0.2) is 0 Å². The van der Waals surface area contributed by atoms with Gasteiger partial charge in [-0.3, -0.25) is 0 Å². The number of hydrogen-bond donors (Lipinski definition) is 0. The normalized spacial score (nSPS) is 13.7. The summed E-state index contributed by atoms with van der Waals surface area (Å²) in [4.78, 5) is 0. The zero-order chi connectivity index (χ0) is 12.3. The van der Waals surface area contributed by atoms with Crippen molar-refractivity contribution in [1.82, 2.24) is 0 Å². The molecule has 2 heteroatoms. The first-order chi connectivity index (χ1) is 7.49. The molecule has 1 atom stereocenters. The molecule has 0 spiro atoms. The highest BCUT2D eigenvalue weighted by Gasteiger charge is 2.17. The fraction of sp³-hybridized carbons (Fsp3) is 0.571. The van der Waals surface area contributed by atoms with Crippen LogP contribution in [0.5, 0.6) is 0 Å². The van der Waals surface area contributed by atoms with Gasteiger partial charge in [0, 0.05) is 0 Å². The Labute approximate surface area is 103 Å². The van der Waals surface area contributed by atoms with E-state index in [1.54, 1.807) is 0 Å². The van der Waals surface area contributed by atoms with E-state index in [9.17, 15) is 0 Å². The van der Waals surface area contributed by atoms with Crippen LogP contribution >= 0.6 is 0 Å². The summed E-state index contributed by atoms with van der Waals surface area (Å²) in [6, 6.07) is 6.63. The molecule has 1 unspecified atom stereocenters. The van der Waals surface area contributed by atoms with Crippen LogP contribution in [0.25, 0.3) is 0 Å². The quantitative estimate of drug-likeness (QED) is 0.729. The van der Waals surface area contributed by atoms with Gasteiger partial charge in [0.05, 0.1) is 6.10 Å². The number of rotatable bonds is 4. The minimum absolute atomic E-state index is 0.239. The lowest BCUT2D eigenvalue weighted by atomic mass is 9.85. The van der Waals surface area contributed by atoms with Crippen molar-refractivity contribution in [2.45, 2.75) is 52.6 Å². The molecular weight excluding hydrogens is 212 g/mol.